The van der Waals surface area contributed by atoms with Gasteiger partial charge in [-0.15, -0.1) is 0 Å². The van der Waals surface area contributed by atoms with Crippen molar-refractivity contribution >= 4 is 5.96 Å². The number of benzene rings is 1. The number of nitrogens with one attached hydrogen (secondary N) is 2. The molecule has 1 aliphatic carbocycles. The van der Waals surface area contributed by atoms with Crippen molar-refractivity contribution in [1.82, 2.24) is 15.5 Å². The number of hydrogen-bond acceptors (Lipinski definition) is 4. The summed E-state index contributed by atoms with van der Waals surface area (Å²) in [6, 6.07) is 8.84. The average molecular weight is 431 g/mol. The van der Waals surface area contributed by atoms with Crippen LogP contribution in [0.1, 0.15) is 57.1 Å². The van der Waals surface area contributed by atoms with Gasteiger partial charge in [-0.05, 0) is 49.7 Å². The van der Waals surface area contributed by atoms with Crippen molar-refractivity contribution in [3.05, 3.63) is 35.4 Å². The first kappa shape index (κ1) is 24.0. The Morgan fingerprint density at radius 3 is 2.65 bits per heavy atom. The van der Waals surface area contributed by atoms with E-state index >= 15 is 0 Å². The fourth-order valence-corrected chi connectivity index (χ4v) is 4.70. The first-order valence-electron chi connectivity index (χ1n) is 12.2. The third-order valence-corrected chi connectivity index (χ3v) is 6.54. The number of ether oxygens (including phenoxy) is 2. The van der Waals surface area contributed by atoms with Gasteiger partial charge < -0.3 is 20.1 Å². The molecule has 1 aliphatic heterocycles. The van der Waals surface area contributed by atoms with Crippen molar-refractivity contribution < 1.29 is 9.47 Å². The molecule has 1 aromatic rings. The topological polar surface area (TPSA) is 58.1 Å². The maximum Gasteiger partial charge on any atom is 0.191 e. The molecule has 1 heterocycles. The van der Waals surface area contributed by atoms with Gasteiger partial charge in [0.2, 0.25) is 0 Å². The zero-order valence-corrected chi connectivity index (χ0v) is 19.6. The monoisotopic (exact) mass is 430 g/mol. The van der Waals surface area contributed by atoms with Crippen molar-refractivity contribution in [3.8, 4) is 0 Å². The van der Waals surface area contributed by atoms with Gasteiger partial charge in [0.15, 0.2) is 5.96 Å². The SMILES string of the molecule is CCNC(=NCc1cccc(CN2CCOCC2)c1)NCC1(CCOCC)CCCC1. The number of rotatable bonds is 11. The van der Waals surface area contributed by atoms with E-state index in [1.165, 1.54) is 36.8 Å². The summed E-state index contributed by atoms with van der Waals surface area (Å²) < 4.78 is 11.1. The lowest BCUT2D eigenvalue weighted by Gasteiger charge is -2.30. The molecule has 6 nitrogen and oxygen atoms in total. The molecule has 1 saturated carbocycles. The van der Waals surface area contributed by atoms with Gasteiger partial charge in [-0.25, -0.2) is 4.99 Å². The summed E-state index contributed by atoms with van der Waals surface area (Å²) >= 11 is 0. The molecule has 1 saturated heterocycles. The zero-order chi connectivity index (χ0) is 21.8. The predicted molar refractivity (Wildman–Crippen MR) is 127 cm³/mol. The Balaban J connectivity index is 1.55. The fourth-order valence-electron chi connectivity index (χ4n) is 4.70. The Morgan fingerprint density at radius 2 is 1.90 bits per heavy atom. The molecule has 174 valence electrons. The van der Waals surface area contributed by atoms with Crippen molar-refractivity contribution in [1.29, 1.82) is 0 Å². The molecule has 0 aromatic heterocycles. The van der Waals surface area contributed by atoms with Crippen LogP contribution in [0.5, 0.6) is 0 Å². The van der Waals surface area contributed by atoms with Gasteiger partial charge >= 0.3 is 0 Å². The zero-order valence-electron chi connectivity index (χ0n) is 19.6. The number of aliphatic imine (C=N–C) groups is 1. The summed E-state index contributed by atoms with van der Waals surface area (Å²) in [6.45, 7) is 13.1. The Bertz CT molecular complexity index is 667. The second-order valence-electron chi connectivity index (χ2n) is 8.91. The number of guanidine groups is 1. The highest BCUT2D eigenvalue weighted by atomic mass is 16.5. The first-order chi connectivity index (χ1) is 15.2. The van der Waals surface area contributed by atoms with E-state index in [1.807, 2.05) is 0 Å². The van der Waals surface area contributed by atoms with Gasteiger partial charge in [0.25, 0.3) is 0 Å². The molecule has 0 radical (unpaired) electrons. The Labute approximate surface area is 188 Å². The van der Waals surface area contributed by atoms with Crippen LogP contribution in [-0.2, 0) is 22.6 Å². The molecular formula is C25H42N4O2. The van der Waals surface area contributed by atoms with Gasteiger partial charge in [-0.2, -0.15) is 0 Å². The van der Waals surface area contributed by atoms with Crippen LogP contribution in [0.2, 0.25) is 0 Å². The van der Waals surface area contributed by atoms with E-state index in [2.05, 4.69) is 53.6 Å². The summed E-state index contributed by atoms with van der Waals surface area (Å²) in [7, 11) is 0. The molecule has 0 amide bonds. The summed E-state index contributed by atoms with van der Waals surface area (Å²) in [6.07, 6.45) is 6.37. The van der Waals surface area contributed by atoms with Crippen molar-refractivity contribution in [3.63, 3.8) is 0 Å². The van der Waals surface area contributed by atoms with Gasteiger partial charge in [0, 0.05) is 45.9 Å². The van der Waals surface area contributed by atoms with E-state index < -0.39 is 0 Å². The van der Waals surface area contributed by atoms with E-state index in [-0.39, 0.29) is 0 Å². The minimum absolute atomic E-state index is 0.351. The molecule has 2 aliphatic rings. The van der Waals surface area contributed by atoms with E-state index in [0.717, 1.165) is 71.5 Å². The first-order valence-corrected chi connectivity index (χ1v) is 12.2. The Hall–Kier alpha value is -1.63. The Morgan fingerprint density at radius 1 is 1.13 bits per heavy atom. The highest BCUT2D eigenvalue weighted by molar-refractivity contribution is 5.79. The molecule has 0 unspecified atom stereocenters. The molecule has 3 rings (SSSR count). The summed E-state index contributed by atoms with van der Waals surface area (Å²) in [5.74, 6) is 0.920. The maximum absolute atomic E-state index is 5.66. The predicted octanol–water partition coefficient (Wildman–Crippen LogP) is 3.56. The van der Waals surface area contributed by atoms with E-state index in [4.69, 9.17) is 14.5 Å². The lowest BCUT2D eigenvalue weighted by atomic mass is 9.83. The van der Waals surface area contributed by atoms with Crippen LogP contribution < -0.4 is 10.6 Å². The molecule has 31 heavy (non-hydrogen) atoms. The van der Waals surface area contributed by atoms with Gasteiger partial charge in [0.05, 0.1) is 19.8 Å². The van der Waals surface area contributed by atoms with Crippen LogP contribution >= 0.6 is 0 Å². The number of nitrogens with zero attached hydrogens (tertiary/aromatic N) is 2. The standard InChI is InChI=1S/C25H42N4O2/c1-3-26-24(28-21-25(10-5-6-11-25)12-15-30-4-2)27-19-22-8-7-9-23(18-22)20-29-13-16-31-17-14-29/h7-9,18H,3-6,10-17,19-21H2,1-2H3,(H2,26,27,28). The van der Waals surface area contributed by atoms with Gasteiger partial charge in [-0.3, -0.25) is 4.90 Å². The van der Waals surface area contributed by atoms with Crippen molar-refractivity contribution in [2.24, 2.45) is 10.4 Å². The second-order valence-corrected chi connectivity index (χ2v) is 8.91. The third-order valence-electron chi connectivity index (χ3n) is 6.54. The summed E-state index contributed by atoms with van der Waals surface area (Å²) in [5.41, 5.74) is 2.96. The van der Waals surface area contributed by atoms with E-state index in [1.54, 1.807) is 0 Å². The number of morpholine rings is 1. The quantitative estimate of drug-likeness (QED) is 0.319. The Kier molecular flexibility index (Phi) is 10.1. The van der Waals surface area contributed by atoms with Crippen molar-refractivity contribution in [2.45, 2.75) is 59.0 Å². The molecule has 2 fully saturated rings. The summed E-state index contributed by atoms with van der Waals surface area (Å²) in [4.78, 5) is 7.35. The minimum atomic E-state index is 0.351. The van der Waals surface area contributed by atoms with Crippen molar-refractivity contribution in [2.75, 3.05) is 52.6 Å². The highest BCUT2D eigenvalue weighted by Crippen LogP contribution is 2.40. The van der Waals surface area contributed by atoms with Crippen LogP contribution in [0.4, 0.5) is 0 Å². The van der Waals surface area contributed by atoms with Gasteiger partial charge in [0.1, 0.15) is 0 Å². The van der Waals surface area contributed by atoms with Crippen LogP contribution in [0, 0.1) is 5.41 Å². The van der Waals surface area contributed by atoms with E-state index in [0.29, 0.717) is 12.0 Å². The second kappa shape index (κ2) is 13.0. The molecule has 0 bridgehead atoms. The molecule has 6 heteroatoms. The van der Waals surface area contributed by atoms with Crippen LogP contribution in [0.3, 0.4) is 0 Å². The molecular weight excluding hydrogens is 388 g/mol. The minimum Gasteiger partial charge on any atom is -0.382 e. The van der Waals surface area contributed by atoms with Gasteiger partial charge in [-0.1, -0.05) is 37.1 Å². The highest BCUT2D eigenvalue weighted by Gasteiger charge is 2.33. The largest absolute Gasteiger partial charge is 0.382 e. The normalized spacial score (nSPS) is 19.5. The lowest BCUT2D eigenvalue weighted by molar-refractivity contribution is 0.0342. The van der Waals surface area contributed by atoms with E-state index in [9.17, 15) is 0 Å². The molecule has 1 aromatic carbocycles. The van der Waals surface area contributed by atoms with Crippen LogP contribution in [0.25, 0.3) is 0 Å². The smallest absolute Gasteiger partial charge is 0.191 e. The lowest BCUT2D eigenvalue weighted by Crippen LogP contribution is -2.43. The average Bonchev–Trinajstić information content (AvgIpc) is 3.26. The molecule has 0 atom stereocenters. The maximum atomic E-state index is 5.66. The fraction of sp³-hybridized carbons (Fsp3) is 0.720. The van der Waals surface area contributed by atoms with Crippen LogP contribution in [-0.4, -0.2) is 63.5 Å². The number of hydrogen-bond donors (Lipinski definition) is 2. The molecule has 0 spiro atoms. The third kappa shape index (κ3) is 8.09. The van der Waals surface area contributed by atoms with Crippen LogP contribution in [0.15, 0.2) is 29.3 Å². The molecule has 2 N–H and O–H groups in total. The summed E-state index contributed by atoms with van der Waals surface area (Å²) in [5, 5.41) is 7.07.